The Bertz CT molecular complexity index is 708. The van der Waals surface area contributed by atoms with Gasteiger partial charge in [0.1, 0.15) is 5.82 Å². The van der Waals surface area contributed by atoms with E-state index < -0.39 is 0 Å². The molecule has 116 valence electrons. The van der Waals surface area contributed by atoms with Crippen LogP contribution in [0.1, 0.15) is 47.8 Å². The maximum Gasteiger partial charge on any atom is 0.220 e. The standard InChI is InChI=1S/C17H20FN3O/c1-11-17(15-8-5-9-16(22)19-15)12(2)21(20-11)10-13-6-3-4-7-14(13)18/h3-4,6-7,15H,5,8-10H2,1-2H3,(H,19,22). The van der Waals surface area contributed by atoms with E-state index in [1.54, 1.807) is 12.1 Å². The third kappa shape index (κ3) is 2.75. The second-order valence-electron chi connectivity index (χ2n) is 5.85. The molecule has 5 heteroatoms. The zero-order valence-corrected chi connectivity index (χ0v) is 12.9. The van der Waals surface area contributed by atoms with Crippen LogP contribution < -0.4 is 5.32 Å². The molecule has 0 aliphatic carbocycles. The van der Waals surface area contributed by atoms with Gasteiger partial charge in [0.2, 0.25) is 5.91 Å². The summed E-state index contributed by atoms with van der Waals surface area (Å²) >= 11 is 0. The molecule has 4 nitrogen and oxygen atoms in total. The van der Waals surface area contributed by atoms with Crippen molar-refractivity contribution in [1.29, 1.82) is 0 Å². The summed E-state index contributed by atoms with van der Waals surface area (Å²) in [4.78, 5) is 11.6. The zero-order chi connectivity index (χ0) is 15.7. The van der Waals surface area contributed by atoms with Crippen LogP contribution in [0.4, 0.5) is 4.39 Å². The van der Waals surface area contributed by atoms with Gasteiger partial charge in [-0.3, -0.25) is 9.48 Å². The smallest absolute Gasteiger partial charge is 0.220 e. The highest BCUT2D eigenvalue weighted by Crippen LogP contribution is 2.29. The molecule has 3 rings (SSSR count). The third-order valence-corrected chi connectivity index (χ3v) is 4.30. The van der Waals surface area contributed by atoms with Crippen LogP contribution in [-0.4, -0.2) is 15.7 Å². The molecular formula is C17H20FN3O. The van der Waals surface area contributed by atoms with E-state index in [1.165, 1.54) is 6.07 Å². The lowest BCUT2D eigenvalue weighted by Crippen LogP contribution is -2.33. The van der Waals surface area contributed by atoms with E-state index in [9.17, 15) is 9.18 Å². The predicted octanol–water partition coefficient (Wildman–Crippen LogP) is 3.03. The topological polar surface area (TPSA) is 46.9 Å². The molecule has 0 radical (unpaired) electrons. The molecule has 2 aromatic rings. The molecule has 1 aromatic heterocycles. The molecule has 1 aliphatic rings. The minimum atomic E-state index is -0.220. The van der Waals surface area contributed by atoms with Gasteiger partial charge in [0.05, 0.1) is 18.3 Å². The molecule has 0 bridgehead atoms. The first-order valence-electron chi connectivity index (χ1n) is 7.63. The fraction of sp³-hybridized carbons (Fsp3) is 0.412. The minimum absolute atomic E-state index is 0.0237. The number of piperidine rings is 1. The Morgan fingerprint density at radius 2 is 2.14 bits per heavy atom. The van der Waals surface area contributed by atoms with Crippen molar-refractivity contribution in [2.45, 2.75) is 45.7 Å². The molecule has 0 saturated carbocycles. The average Bonchev–Trinajstić information content (AvgIpc) is 2.76. The Morgan fingerprint density at radius 3 is 2.86 bits per heavy atom. The number of halogens is 1. The van der Waals surface area contributed by atoms with Crippen molar-refractivity contribution >= 4 is 5.91 Å². The maximum atomic E-state index is 13.8. The van der Waals surface area contributed by atoms with Gasteiger partial charge in [-0.1, -0.05) is 18.2 Å². The van der Waals surface area contributed by atoms with E-state index >= 15 is 0 Å². The summed E-state index contributed by atoms with van der Waals surface area (Å²) in [6.07, 6.45) is 2.42. The molecular weight excluding hydrogens is 281 g/mol. The van der Waals surface area contributed by atoms with Gasteiger partial charge in [0, 0.05) is 23.2 Å². The Morgan fingerprint density at radius 1 is 1.36 bits per heavy atom. The van der Waals surface area contributed by atoms with Gasteiger partial charge >= 0.3 is 0 Å². The lowest BCUT2D eigenvalue weighted by atomic mass is 9.96. The molecule has 1 saturated heterocycles. The molecule has 0 spiro atoms. The van der Waals surface area contributed by atoms with Crippen LogP contribution in [0.5, 0.6) is 0 Å². The van der Waals surface area contributed by atoms with Gasteiger partial charge in [-0.05, 0) is 32.8 Å². The maximum absolute atomic E-state index is 13.8. The molecule has 1 atom stereocenters. The van der Waals surface area contributed by atoms with Gasteiger partial charge in [0.25, 0.3) is 0 Å². The highest BCUT2D eigenvalue weighted by molar-refractivity contribution is 5.77. The van der Waals surface area contributed by atoms with Crippen molar-refractivity contribution in [2.24, 2.45) is 0 Å². The van der Waals surface area contributed by atoms with E-state index in [2.05, 4.69) is 10.4 Å². The number of rotatable bonds is 3. The monoisotopic (exact) mass is 301 g/mol. The first-order chi connectivity index (χ1) is 10.6. The number of aromatic nitrogens is 2. The molecule has 2 heterocycles. The number of benzene rings is 1. The first-order valence-corrected chi connectivity index (χ1v) is 7.63. The molecule has 1 N–H and O–H groups in total. The SMILES string of the molecule is Cc1nn(Cc2ccccc2F)c(C)c1C1CCCC(=O)N1. The highest BCUT2D eigenvalue weighted by Gasteiger charge is 2.25. The van der Waals surface area contributed by atoms with Gasteiger partial charge < -0.3 is 5.32 Å². The number of nitrogens with one attached hydrogen (secondary N) is 1. The Balaban J connectivity index is 1.90. The number of hydrogen-bond acceptors (Lipinski definition) is 2. The largest absolute Gasteiger partial charge is 0.349 e. The quantitative estimate of drug-likeness (QED) is 0.947. The molecule has 1 fully saturated rings. The molecule has 1 amide bonds. The highest BCUT2D eigenvalue weighted by atomic mass is 19.1. The van der Waals surface area contributed by atoms with Crippen molar-refractivity contribution < 1.29 is 9.18 Å². The molecule has 1 aromatic carbocycles. The summed E-state index contributed by atoms with van der Waals surface area (Å²) < 4.78 is 15.6. The van der Waals surface area contributed by atoms with Crippen molar-refractivity contribution in [3.05, 3.63) is 52.6 Å². The fourth-order valence-electron chi connectivity index (χ4n) is 3.18. The van der Waals surface area contributed by atoms with Crippen LogP contribution in [-0.2, 0) is 11.3 Å². The second-order valence-corrected chi connectivity index (χ2v) is 5.85. The van der Waals surface area contributed by atoms with Crippen LogP contribution in [0.3, 0.4) is 0 Å². The summed E-state index contributed by atoms with van der Waals surface area (Å²) in [5, 5.41) is 7.58. The lowest BCUT2D eigenvalue weighted by Gasteiger charge is -2.23. The zero-order valence-electron chi connectivity index (χ0n) is 12.9. The Kier molecular flexibility index (Phi) is 3.96. The molecule has 1 aliphatic heterocycles. The van der Waals surface area contributed by atoms with E-state index in [0.717, 1.165) is 29.8 Å². The van der Waals surface area contributed by atoms with E-state index in [-0.39, 0.29) is 17.8 Å². The number of amides is 1. The second kappa shape index (κ2) is 5.91. The fourth-order valence-corrected chi connectivity index (χ4v) is 3.18. The summed E-state index contributed by atoms with van der Waals surface area (Å²) in [5.74, 6) is -0.125. The number of carbonyl (C=O) groups excluding carboxylic acids is 1. The van der Waals surface area contributed by atoms with Gasteiger partial charge in [-0.15, -0.1) is 0 Å². The minimum Gasteiger partial charge on any atom is -0.349 e. The van der Waals surface area contributed by atoms with Crippen molar-refractivity contribution in [3.8, 4) is 0 Å². The normalized spacial score (nSPS) is 18.3. The van der Waals surface area contributed by atoms with Crippen molar-refractivity contribution in [3.63, 3.8) is 0 Å². The van der Waals surface area contributed by atoms with E-state index in [4.69, 9.17) is 0 Å². The van der Waals surface area contributed by atoms with E-state index in [0.29, 0.717) is 18.5 Å². The van der Waals surface area contributed by atoms with Gasteiger partial charge in [0.15, 0.2) is 0 Å². The lowest BCUT2D eigenvalue weighted by molar-refractivity contribution is -0.123. The number of nitrogens with zero attached hydrogens (tertiary/aromatic N) is 2. The van der Waals surface area contributed by atoms with Crippen molar-refractivity contribution in [2.75, 3.05) is 0 Å². The Labute approximate surface area is 129 Å². The molecule has 1 unspecified atom stereocenters. The summed E-state index contributed by atoms with van der Waals surface area (Å²) in [5.41, 5.74) is 3.59. The van der Waals surface area contributed by atoms with E-state index in [1.807, 2.05) is 24.6 Å². The predicted molar refractivity (Wildman–Crippen MR) is 81.9 cm³/mol. The van der Waals surface area contributed by atoms with Crippen molar-refractivity contribution in [1.82, 2.24) is 15.1 Å². The summed E-state index contributed by atoms with van der Waals surface area (Å²) in [6, 6.07) is 6.77. The van der Waals surface area contributed by atoms with Crippen LogP contribution in [0.15, 0.2) is 24.3 Å². The third-order valence-electron chi connectivity index (χ3n) is 4.30. The average molecular weight is 301 g/mol. The van der Waals surface area contributed by atoms with Crippen LogP contribution in [0.2, 0.25) is 0 Å². The Hall–Kier alpha value is -2.17. The van der Waals surface area contributed by atoms with Crippen LogP contribution >= 0.6 is 0 Å². The van der Waals surface area contributed by atoms with Gasteiger partial charge in [-0.25, -0.2) is 4.39 Å². The molecule has 22 heavy (non-hydrogen) atoms. The van der Waals surface area contributed by atoms with Crippen LogP contribution in [0.25, 0.3) is 0 Å². The van der Waals surface area contributed by atoms with Gasteiger partial charge in [-0.2, -0.15) is 5.10 Å². The first kappa shape index (κ1) is 14.8. The number of aryl methyl sites for hydroxylation is 1. The number of hydrogen-bond donors (Lipinski definition) is 1. The summed E-state index contributed by atoms with van der Waals surface area (Å²) in [7, 11) is 0. The number of carbonyl (C=O) groups is 1. The summed E-state index contributed by atoms with van der Waals surface area (Å²) in [6.45, 7) is 4.33. The van der Waals surface area contributed by atoms with Crippen LogP contribution in [0, 0.1) is 19.7 Å².